The Morgan fingerprint density at radius 2 is 1.43 bits per heavy atom. The molecular formula is C16H17NO4S2. The number of sulfone groups is 1. The SMILES string of the molecule is CS(=O)(=O)c1ccc(NS(=O)(=O)c2ccc3c(c2)CCC3)cc1. The Morgan fingerprint density at radius 3 is 2.09 bits per heavy atom. The van der Waals surface area contributed by atoms with Gasteiger partial charge in [0.1, 0.15) is 0 Å². The van der Waals surface area contributed by atoms with Gasteiger partial charge in [0.15, 0.2) is 9.84 Å². The van der Waals surface area contributed by atoms with E-state index >= 15 is 0 Å². The van der Waals surface area contributed by atoms with E-state index in [9.17, 15) is 16.8 Å². The maximum absolute atomic E-state index is 12.5. The van der Waals surface area contributed by atoms with E-state index in [0.29, 0.717) is 5.69 Å². The number of anilines is 1. The molecule has 122 valence electrons. The highest BCUT2D eigenvalue weighted by atomic mass is 32.2. The van der Waals surface area contributed by atoms with Gasteiger partial charge in [-0.15, -0.1) is 0 Å². The Morgan fingerprint density at radius 1 is 0.826 bits per heavy atom. The van der Waals surface area contributed by atoms with Crippen molar-refractivity contribution in [2.45, 2.75) is 29.1 Å². The molecular weight excluding hydrogens is 334 g/mol. The molecule has 0 saturated carbocycles. The summed E-state index contributed by atoms with van der Waals surface area (Å²) in [6.45, 7) is 0. The van der Waals surface area contributed by atoms with E-state index < -0.39 is 19.9 Å². The summed E-state index contributed by atoms with van der Waals surface area (Å²) in [5, 5.41) is 0. The Labute approximate surface area is 136 Å². The van der Waals surface area contributed by atoms with E-state index in [-0.39, 0.29) is 9.79 Å². The molecule has 0 bridgehead atoms. The Balaban J connectivity index is 1.86. The van der Waals surface area contributed by atoms with E-state index in [4.69, 9.17) is 0 Å². The standard InChI is InChI=1S/C16H17NO4S2/c1-22(18,19)15-9-6-14(7-10-15)17-23(20,21)16-8-5-12-3-2-4-13(12)11-16/h5-11,17H,2-4H2,1H3. The lowest BCUT2D eigenvalue weighted by molar-refractivity contribution is 0.600. The second-order valence-corrected chi connectivity index (χ2v) is 9.38. The molecule has 2 aromatic carbocycles. The molecule has 3 rings (SSSR count). The first-order valence-corrected chi connectivity index (χ1v) is 10.6. The average molecular weight is 351 g/mol. The van der Waals surface area contributed by atoms with Gasteiger partial charge in [0.25, 0.3) is 10.0 Å². The van der Waals surface area contributed by atoms with Crippen LogP contribution in [0.4, 0.5) is 5.69 Å². The first kappa shape index (κ1) is 16.0. The molecule has 0 radical (unpaired) electrons. The number of hydrogen-bond acceptors (Lipinski definition) is 4. The van der Waals surface area contributed by atoms with Crippen LogP contribution in [-0.4, -0.2) is 23.1 Å². The van der Waals surface area contributed by atoms with Crippen molar-refractivity contribution >= 4 is 25.5 Å². The van der Waals surface area contributed by atoms with Crippen LogP contribution in [-0.2, 0) is 32.7 Å². The second kappa shape index (κ2) is 5.65. The van der Waals surface area contributed by atoms with E-state index in [1.807, 2.05) is 6.07 Å². The van der Waals surface area contributed by atoms with Gasteiger partial charge in [0.2, 0.25) is 0 Å². The number of aryl methyl sites for hydroxylation is 2. The van der Waals surface area contributed by atoms with Crippen LogP contribution in [0.5, 0.6) is 0 Å². The Kier molecular flexibility index (Phi) is 3.93. The van der Waals surface area contributed by atoms with Crippen LogP contribution in [0.25, 0.3) is 0 Å². The molecule has 0 heterocycles. The minimum atomic E-state index is -3.68. The summed E-state index contributed by atoms with van der Waals surface area (Å²) in [4.78, 5) is 0.378. The molecule has 1 aliphatic rings. The quantitative estimate of drug-likeness (QED) is 0.917. The predicted octanol–water partition coefficient (Wildman–Crippen LogP) is 2.38. The molecule has 5 nitrogen and oxygen atoms in total. The fraction of sp³-hybridized carbons (Fsp3) is 0.250. The summed E-state index contributed by atoms with van der Waals surface area (Å²) in [6.07, 6.45) is 4.06. The summed E-state index contributed by atoms with van der Waals surface area (Å²) >= 11 is 0. The van der Waals surface area contributed by atoms with Crippen molar-refractivity contribution in [1.82, 2.24) is 0 Å². The molecule has 0 aliphatic heterocycles. The third-order valence-electron chi connectivity index (χ3n) is 3.91. The fourth-order valence-electron chi connectivity index (χ4n) is 2.70. The molecule has 0 atom stereocenters. The molecule has 0 spiro atoms. The zero-order chi connectivity index (χ0) is 16.7. The van der Waals surface area contributed by atoms with Gasteiger partial charge in [-0.25, -0.2) is 16.8 Å². The van der Waals surface area contributed by atoms with Crippen molar-refractivity contribution in [1.29, 1.82) is 0 Å². The third kappa shape index (κ3) is 3.40. The van der Waals surface area contributed by atoms with Gasteiger partial charge in [0.05, 0.1) is 9.79 Å². The molecule has 23 heavy (non-hydrogen) atoms. The monoisotopic (exact) mass is 351 g/mol. The van der Waals surface area contributed by atoms with E-state index in [0.717, 1.165) is 31.1 Å². The average Bonchev–Trinajstić information content (AvgIpc) is 2.93. The predicted molar refractivity (Wildman–Crippen MR) is 88.8 cm³/mol. The number of fused-ring (bicyclic) bond motifs is 1. The molecule has 0 amide bonds. The lowest BCUT2D eigenvalue weighted by Crippen LogP contribution is -2.13. The van der Waals surface area contributed by atoms with Gasteiger partial charge in [-0.3, -0.25) is 4.72 Å². The lowest BCUT2D eigenvalue weighted by atomic mass is 10.1. The van der Waals surface area contributed by atoms with Gasteiger partial charge in [-0.2, -0.15) is 0 Å². The van der Waals surface area contributed by atoms with E-state index in [2.05, 4.69) is 4.72 Å². The molecule has 0 unspecified atom stereocenters. The van der Waals surface area contributed by atoms with Crippen molar-refractivity contribution in [2.75, 3.05) is 11.0 Å². The fourth-order valence-corrected chi connectivity index (χ4v) is 4.44. The van der Waals surface area contributed by atoms with Crippen LogP contribution in [0.3, 0.4) is 0 Å². The van der Waals surface area contributed by atoms with Crippen LogP contribution >= 0.6 is 0 Å². The maximum Gasteiger partial charge on any atom is 0.261 e. The van der Waals surface area contributed by atoms with E-state index in [1.165, 1.54) is 29.8 Å². The first-order valence-electron chi connectivity index (χ1n) is 7.20. The Bertz CT molecular complexity index is 946. The number of benzene rings is 2. The van der Waals surface area contributed by atoms with Crippen molar-refractivity contribution in [3.63, 3.8) is 0 Å². The topological polar surface area (TPSA) is 80.3 Å². The van der Waals surface area contributed by atoms with Crippen LogP contribution in [0.15, 0.2) is 52.3 Å². The highest BCUT2D eigenvalue weighted by molar-refractivity contribution is 7.92. The summed E-state index contributed by atoms with van der Waals surface area (Å²) in [5.41, 5.74) is 2.62. The number of nitrogens with one attached hydrogen (secondary N) is 1. The largest absolute Gasteiger partial charge is 0.280 e. The van der Waals surface area contributed by atoms with Gasteiger partial charge in [0, 0.05) is 11.9 Å². The normalized spacial score (nSPS) is 14.5. The minimum Gasteiger partial charge on any atom is -0.280 e. The maximum atomic E-state index is 12.5. The summed E-state index contributed by atoms with van der Waals surface area (Å²) in [7, 11) is -6.98. The third-order valence-corrected chi connectivity index (χ3v) is 6.42. The summed E-state index contributed by atoms with van der Waals surface area (Å²) in [5.74, 6) is 0. The second-order valence-electron chi connectivity index (χ2n) is 5.69. The molecule has 2 aromatic rings. The van der Waals surface area contributed by atoms with Crippen molar-refractivity contribution in [3.05, 3.63) is 53.6 Å². The van der Waals surface area contributed by atoms with Gasteiger partial charge in [-0.05, 0) is 66.8 Å². The smallest absolute Gasteiger partial charge is 0.261 e. The molecule has 7 heteroatoms. The highest BCUT2D eigenvalue weighted by Crippen LogP contribution is 2.26. The van der Waals surface area contributed by atoms with Crippen LogP contribution in [0.1, 0.15) is 17.5 Å². The number of rotatable bonds is 4. The lowest BCUT2D eigenvalue weighted by Gasteiger charge is -2.10. The van der Waals surface area contributed by atoms with Gasteiger partial charge in [-0.1, -0.05) is 6.07 Å². The zero-order valence-electron chi connectivity index (χ0n) is 12.6. The molecule has 0 aromatic heterocycles. The molecule has 0 saturated heterocycles. The number of hydrogen-bond donors (Lipinski definition) is 1. The Hall–Kier alpha value is -1.86. The van der Waals surface area contributed by atoms with E-state index in [1.54, 1.807) is 12.1 Å². The van der Waals surface area contributed by atoms with Gasteiger partial charge < -0.3 is 0 Å². The van der Waals surface area contributed by atoms with Crippen molar-refractivity contribution < 1.29 is 16.8 Å². The van der Waals surface area contributed by atoms with Crippen molar-refractivity contribution in [3.8, 4) is 0 Å². The van der Waals surface area contributed by atoms with Crippen LogP contribution in [0, 0.1) is 0 Å². The van der Waals surface area contributed by atoms with Gasteiger partial charge >= 0.3 is 0 Å². The van der Waals surface area contributed by atoms with Crippen LogP contribution in [0.2, 0.25) is 0 Å². The molecule has 1 aliphatic carbocycles. The summed E-state index contributed by atoms with van der Waals surface area (Å²) < 4.78 is 50.2. The molecule has 0 fully saturated rings. The molecule has 1 N–H and O–H groups in total. The summed E-state index contributed by atoms with van der Waals surface area (Å²) in [6, 6.07) is 10.9. The number of sulfonamides is 1. The zero-order valence-corrected chi connectivity index (χ0v) is 14.2. The van der Waals surface area contributed by atoms with Crippen LogP contribution < -0.4 is 4.72 Å². The minimum absolute atomic E-state index is 0.151. The highest BCUT2D eigenvalue weighted by Gasteiger charge is 2.18. The first-order chi connectivity index (χ1) is 10.8. The van der Waals surface area contributed by atoms with Crippen molar-refractivity contribution in [2.24, 2.45) is 0 Å².